The van der Waals surface area contributed by atoms with E-state index in [1.807, 2.05) is 49.5 Å². The van der Waals surface area contributed by atoms with Gasteiger partial charge in [0.25, 0.3) is 5.91 Å². The molecule has 0 saturated carbocycles. The van der Waals surface area contributed by atoms with Crippen molar-refractivity contribution in [1.29, 1.82) is 0 Å². The molecule has 1 fully saturated rings. The molecule has 3 aromatic carbocycles. The summed E-state index contributed by atoms with van der Waals surface area (Å²) in [5.74, 6) is -0.734. The van der Waals surface area contributed by atoms with Crippen molar-refractivity contribution >= 4 is 24.1 Å². The molecule has 0 aromatic heterocycles. The number of piperazine rings is 1. The fourth-order valence-corrected chi connectivity index (χ4v) is 3.77. The molecule has 1 N–H and O–H groups in total. The van der Waals surface area contributed by atoms with Crippen molar-refractivity contribution in [2.45, 2.75) is 0 Å². The van der Waals surface area contributed by atoms with Crippen LogP contribution in [0.4, 0.5) is 0 Å². The number of hydrogen-bond donors (Lipinski definition) is 1. The van der Waals surface area contributed by atoms with Gasteiger partial charge in [-0.3, -0.25) is 14.4 Å². The molecule has 4 rings (SSSR count). The molecule has 192 valence electrons. The number of methoxy groups -OCH3 is 1. The highest BCUT2D eigenvalue weighted by atomic mass is 16.5. The zero-order valence-electron chi connectivity index (χ0n) is 21.1. The quantitative estimate of drug-likeness (QED) is 0.412. The number of esters is 1. The molecule has 0 unspecified atom stereocenters. The van der Waals surface area contributed by atoms with Crippen LogP contribution >= 0.6 is 0 Å². The van der Waals surface area contributed by atoms with E-state index in [9.17, 15) is 19.2 Å². The van der Waals surface area contributed by atoms with Crippen LogP contribution in [0.1, 0.15) is 31.1 Å². The Morgan fingerprint density at radius 3 is 2.05 bits per heavy atom. The summed E-state index contributed by atoms with van der Waals surface area (Å²) >= 11 is 0. The number of amides is 2. The van der Waals surface area contributed by atoms with E-state index in [1.165, 1.54) is 7.11 Å². The highest BCUT2D eigenvalue weighted by molar-refractivity contribution is 5.98. The van der Waals surface area contributed by atoms with Gasteiger partial charge in [-0.15, -0.1) is 0 Å². The van der Waals surface area contributed by atoms with Crippen molar-refractivity contribution < 1.29 is 23.9 Å². The van der Waals surface area contributed by atoms with Crippen LogP contribution in [0, 0.1) is 0 Å². The SMILES string of the molecule is CN1CCN(C(=O)CNC(=O)c2ccc(-c3ccccc3)cc2)CC1.COC(=O)c1ccccc1C=O. The van der Waals surface area contributed by atoms with Gasteiger partial charge < -0.3 is 19.9 Å². The number of ether oxygens (including phenoxy) is 1. The van der Waals surface area contributed by atoms with E-state index < -0.39 is 5.97 Å². The highest BCUT2D eigenvalue weighted by Crippen LogP contribution is 2.19. The maximum Gasteiger partial charge on any atom is 0.338 e. The molecule has 1 saturated heterocycles. The van der Waals surface area contributed by atoms with E-state index in [1.54, 1.807) is 41.3 Å². The summed E-state index contributed by atoms with van der Waals surface area (Å²) in [6.07, 6.45) is 0.631. The van der Waals surface area contributed by atoms with Crippen LogP contribution < -0.4 is 5.32 Å². The second-order valence-electron chi connectivity index (χ2n) is 8.51. The lowest BCUT2D eigenvalue weighted by atomic mass is 10.0. The number of benzene rings is 3. The summed E-state index contributed by atoms with van der Waals surface area (Å²) in [7, 11) is 3.33. The van der Waals surface area contributed by atoms with Gasteiger partial charge in [0.1, 0.15) is 0 Å². The summed E-state index contributed by atoms with van der Waals surface area (Å²) in [5, 5.41) is 2.72. The first kappa shape index (κ1) is 27.3. The van der Waals surface area contributed by atoms with Gasteiger partial charge >= 0.3 is 5.97 Å². The number of hydrogen-bond acceptors (Lipinski definition) is 6. The molecular formula is C29H31N3O5. The third kappa shape index (κ3) is 7.85. The average molecular weight is 502 g/mol. The summed E-state index contributed by atoms with van der Waals surface area (Å²) in [6.45, 7) is 3.23. The molecule has 2 amide bonds. The van der Waals surface area contributed by atoms with Gasteiger partial charge in [-0.1, -0.05) is 60.7 Å². The van der Waals surface area contributed by atoms with Crippen molar-refractivity contribution in [3.8, 4) is 11.1 Å². The van der Waals surface area contributed by atoms with E-state index in [-0.39, 0.29) is 18.4 Å². The number of nitrogens with one attached hydrogen (secondary N) is 1. The molecule has 1 aliphatic rings. The monoisotopic (exact) mass is 501 g/mol. The molecule has 8 nitrogen and oxygen atoms in total. The van der Waals surface area contributed by atoms with Gasteiger partial charge in [-0.2, -0.15) is 0 Å². The number of nitrogens with zero attached hydrogens (tertiary/aromatic N) is 2. The summed E-state index contributed by atoms with van der Waals surface area (Å²) in [4.78, 5) is 49.9. The molecule has 0 bridgehead atoms. The average Bonchev–Trinajstić information content (AvgIpc) is 2.96. The molecule has 8 heteroatoms. The van der Waals surface area contributed by atoms with E-state index >= 15 is 0 Å². The lowest BCUT2D eigenvalue weighted by Crippen LogP contribution is -2.50. The zero-order valence-corrected chi connectivity index (χ0v) is 21.1. The largest absolute Gasteiger partial charge is 0.465 e. The molecule has 1 aliphatic heterocycles. The smallest absolute Gasteiger partial charge is 0.338 e. The third-order valence-electron chi connectivity index (χ3n) is 6.00. The van der Waals surface area contributed by atoms with Gasteiger partial charge in [0.05, 0.1) is 19.2 Å². The van der Waals surface area contributed by atoms with E-state index in [2.05, 4.69) is 15.0 Å². The minimum Gasteiger partial charge on any atom is -0.465 e. The summed E-state index contributed by atoms with van der Waals surface area (Å²) in [5.41, 5.74) is 3.38. The minimum atomic E-state index is -0.488. The Hall–Kier alpha value is -4.30. The molecule has 0 aliphatic carbocycles. The second kappa shape index (κ2) is 13.7. The van der Waals surface area contributed by atoms with Crippen molar-refractivity contribution in [3.05, 3.63) is 95.6 Å². The highest BCUT2D eigenvalue weighted by Gasteiger charge is 2.19. The van der Waals surface area contributed by atoms with Crippen LogP contribution in [0.15, 0.2) is 78.9 Å². The fourth-order valence-electron chi connectivity index (χ4n) is 3.77. The first-order chi connectivity index (χ1) is 17.9. The Kier molecular flexibility index (Phi) is 10.1. The van der Waals surface area contributed by atoms with E-state index in [0.29, 0.717) is 23.0 Å². The molecule has 0 radical (unpaired) electrons. The van der Waals surface area contributed by atoms with E-state index in [4.69, 9.17) is 0 Å². The fraction of sp³-hybridized carbons (Fsp3) is 0.241. The molecule has 37 heavy (non-hydrogen) atoms. The molecule has 1 heterocycles. The standard InChI is InChI=1S/C20H23N3O2.C9H8O3/c1-22-11-13-23(14-12-22)19(24)15-21-20(25)18-9-7-17(8-10-18)16-5-3-2-4-6-16;1-12-9(11)8-5-3-2-4-7(8)6-10/h2-10H,11-15H2,1H3,(H,21,25);2-6H,1H3. The lowest BCUT2D eigenvalue weighted by molar-refractivity contribution is -0.131. The normalized spacial score (nSPS) is 13.1. The first-order valence-electron chi connectivity index (χ1n) is 12.0. The van der Waals surface area contributed by atoms with Crippen LogP contribution in [0.2, 0.25) is 0 Å². The Morgan fingerprint density at radius 1 is 0.838 bits per heavy atom. The third-order valence-corrected chi connectivity index (χ3v) is 6.00. The Balaban J connectivity index is 0.000000266. The Labute approximate surface area is 216 Å². The first-order valence-corrected chi connectivity index (χ1v) is 12.0. The topological polar surface area (TPSA) is 96.0 Å². The number of aldehydes is 1. The zero-order chi connectivity index (χ0) is 26.6. The van der Waals surface area contributed by atoms with Crippen molar-refractivity contribution in [2.75, 3.05) is 46.9 Å². The van der Waals surface area contributed by atoms with Gasteiger partial charge in [0.15, 0.2) is 6.29 Å². The van der Waals surface area contributed by atoms with E-state index in [0.717, 1.165) is 37.3 Å². The summed E-state index contributed by atoms with van der Waals surface area (Å²) < 4.78 is 4.48. The molecular weight excluding hydrogens is 470 g/mol. The van der Waals surface area contributed by atoms with Crippen LogP contribution in [-0.2, 0) is 9.53 Å². The Morgan fingerprint density at radius 2 is 1.43 bits per heavy atom. The maximum atomic E-state index is 12.2. The van der Waals surface area contributed by atoms with Crippen LogP contribution in [-0.4, -0.2) is 80.8 Å². The minimum absolute atomic E-state index is 0.0256. The van der Waals surface area contributed by atoms with Crippen molar-refractivity contribution in [2.24, 2.45) is 0 Å². The second-order valence-corrected chi connectivity index (χ2v) is 8.51. The van der Waals surface area contributed by atoms with Crippen LogP contribution in [0.3, 0.4) is 0 Å². The van der Waals surface area contributed by atoms with Crippen molar-refractivity contribution in [1.82, 2.24) is 15.1 Å². The number of carbonyl (C=O) groups is 4. The Bertz CT molecular complexity index is 1200. The van der Waals surface area contributed by atoms with Gasteiger partial charge in [-0.05, 0) is 36.4 Å². The predicted octanol–water partition coefficient (Wildman–Crippen LogP) is 3.14. The molecule has 0 spiro atoms. The van der Waals surface area contributed by atoms with Crippen LogP contribution in [0.25, 0.3) is 11.1 Å². The van der Waals surface area contributed by atoms with Gasteiger partial charge in [-0.25, -0.2) is 4.79 Å². The number of likely N-dealkylation sites (N-methyl/N-ethyl adjacent to an activating group) is 1. The number of carbonyl (C=O) groups excluding carboxylic acids is 4. The lowest BCUT2D eigenvalue weighted by Gasteiger charge is -2.32. The molecule has 0 atom stereocenters. The molecule has 3 aromatic rings. The van der Waals surface area contributed by atoms with Crippen LogP contribution in [0.5, 0.6) is 0 Å². The van der Waals surface area contributed by atoms with Crippen molar-refractivity contribution in [3.63, 3.8) is 0 Å². The number of rotatable bonds is 6. The van der Waals surface area contributed by atoms with Gasteiger partial charge in [0.2, 0.25) is 5.91 Å². The maximum absolute atomic E-state index is 12.2. The van der Waals surface area contributed by atoms with Gasteiger partial charge in [0, 0.05) is 37.3 Å². The predicted molar refractivity (Wildman–Crippen MR) is 141 cm³/mol. The summed E-state index contributed by atoms with van der Waals surface area (Å²) in [6, 6.07) is 23.9.